The number of thioether (sulfide) groups is 1. The molecular formula is C12H14F2N2O3S. The number of furan rings is 1. The second-order valence-corrected chi connectivity index (χ2v) is 5.28. The van der Waals surface area contributed by atoms with Gasteiger partial charge in [0.1, 0.15) is 11.8 Å². The summed E-state index contributed by atoms with van der Waals surface area (Å²) in [5, 5.41) is 2.66. The Balaban J connectivity index is 2.03. The first-order valence-electron chi connectivity index (χ1n) is 6.06. The summed E-state index contributed by atoms with van der Waals surface area (Å²) in [5.74, 6) is -2.72. The summed E-state index contributed by atoms with van der Waals surface area (Å²) >= 11 is 0.430. The maximum absolute atomic E-state index is 12.2. The van der Waals surface area contributed by atoms with Gasteiger partial charge in [0.15, 0.2) is 5.76 Å². The molecule has 1 aliphatic rings. The van der Waals surface area contributed by atoms with Crippen molar-refractivity contribution in [1.82, 2.24) is 10.2 Å². The Labute approximate surface area is 118 Å². The van der Waals surface area contributed by atoms with Crippen LogP contribution in [-0.4, -0.2) is 41.6 Å². The van der Waals surface area contributed by atoms with Gasteiger partial charge in [0.25, 0.3) is 11.7 Å². The van der Waals surface area contributed by atoms with E-state index >= 15 is 0 Å². The van der Waals surface area contributed by atoms with Crippen LogP contribution in [0.25, 0.3) is 0 Å². The van der Waals surface area contributed by atoms with Crippen molar-refractivity contribution in [1.29, 1.82) is 0 Å². The molecular weight excluding hydrogens is 290 g/mol. The smallest absolute Gasteiger partial charge is 0.290 e. The Kier molecular flexibility index (Phi) is 4.64. The third kappa shape index (κ3) is 3.30. The van der Waals surface area contributed by atoms with E-state index in [9.17, 15) is 18.4 Å². The van der Waals surface area contributed by atoms with E-state index in [1.165, 1.54) is 17.0 Å². The topological polar surface area (TPSA) is 62.6 Å². The molecule has 0 aromatic carbocycles. The lowest BCUT2D eigenvalue weighted by Gasteiger charge is -2.32. The molecule has 1 fully saturated rings. The molecule has 0 spiro atoms. The third-order valence-electron chi connectivity index (χ3n) is 2.98. The highest BCUT2D eigenvalue weighted by Crippen LogP contribution is 2.22. The lowest BCUT2D eigenvalue weighted by molar-refractivity contribution is -0.127. The first kappa shape index (κ1) is 14.8. The highest BCUT2D eigenvalue weighted by atomic mass is 32.2. The van der Waals surface area contributed by atoms with E-state index in [4.69, 9.17) is 4.42 Å². The molecule has 1 aliphatic heterocycles. The molecule has 2 rings (SSSR count). The minimum atomic E-state index is -2.48. The largest absolute Gasteiger partial charge is 0.455 e. The number of hydrogen-bond donors (Lipinski definition) is 1. The number of nitrogens with zero attached hydrogens (tertiary/aromatic N) is 1. The lowest BCUT2D eigenvalue weighted by atomic mass is 10.2. The van der Waals surface area contributed by atoms with Crippen LogP contribution >= 0.6 is 11.8 Å². The molecule has 110 valence electrons. The second-order valence-electron chi connectivity index (χ2n) is 4.30. The number of rotatable bonds is 4. The van der Waals surface area contributed by atoms with E-state index in [2.05, 4.69) is 5.32 Å². The van der Waals surface area contributed by atoms with E-state index in [-0.39, 0.29) is 17.4 Å². The monoisotopic (exact) mass is 304 g/mol. The average molecular weight is 304 g/mol. The fourth-order valence-corrected chi connectivity index (χ4v) is 2.36. The number of halogens is 2. The van der Waals surface area contributed by atoms with E-state index in [1.54, 1.807) is 6.92 Å². The van der Waals surface area contributed by atoms with Crippen LogP contribution in [0.4, 0.5) is 8.78 Å². The minimum Gasteiger partial charge on any atom is -0.455 e. The number of carbonyl (C=O) groups excluding carboxylic acids is 2. The Morgan fingerprint density at radius 3 is 3.05 bits per heavy atom. The molecule has 2 heterocycles. The molecule has 1 unspecified atom stereocenters. The van der Waals surface area contributed by atoms with Crippen LogP contribution in [0.1, 0.15) is 23.2 Å². The summed E-state index contributed by atoms with van der Waals surface area (Å²) < 4.78 is 29.4. The SMILES string of the molecule is CC1C(=O)NCCN1C(=O)c1ccc(CSC(F)F)o1. The predicted octanol–water partition coefficient (Wildman–Crippen LogP) is 1.70. The zero-order valence-corrected chi connectivity index (χ0v) is 11.6. The van der Waals surface area contributed by atoms with Crippen LogP contribution in [0.15, 0.2) is 16.5 Å². The fourth-order valence-electron chi connectivity index (χ4n) is 1.92. The predicted molar refractivity (Wildman–Crippen MR) is 69.5 cm³/mol. The summed E-state index contributed by atoms with van der Waals surface area (Å²) in [6, 6.07) is 2.38. The molecule has 0 saturated carbocycles. The van der Waals surface area contributed by atoms with Gasteiger partial charge >= 0.3 is 0 Å². The summed E-state index contributed by atoms with van der Waals surface area (Å²) in [7, 11) is 0. The van der Waals surface area contributed by atoms with Crippen LogP contribution in [0, 0.1) is 0 Å². The van der Waals surface area contributed by atoms with Crippen LogP contribution in [0.2, 0.25) is 0 Å². The van der Waals surface area contributed by atoms with Gasteiger partial charge in [-0.1, -0.05) is 11.8 Å². The lowest BCUT2D eigenvalue weighted by Crippen LogP contribution is -2.55. The molecule has 8 heteroatoms. The molecule has 5 nitrogen and oxygen atoms in total. The molecule has 1 atom stereocenters. The van der Waals surface area contributed by atoms with Crippen molar-refractivity contribution in [3.05, 3.63) is 23.7 Å². The van der Waals surface area contributed by atoms with Gasteiger partial charge in [-0.3, -0.25) is 9.59 Å². The van der Waals surface area contributed by atoms with Gasteiger partial charge in [-0.2, -0.15) is 8.78 Å². The van der Waals surface area contributed by atoms with Crippen molar-refractivity contribution in [3.63, 3.8) is 0 Å². The van der Waals surface area contributed by atoms with Crippen LogP contribution in [0.5, 0.6) is 0 Å². The second kappa shape index (κ2) is 6.25. The Morgan fingerprint density at radius 1 is 1.60 bits per heavy atom. The quantitative estimate of drug-likeness (QED) is 0.919. The Hall–Kier alpha value is -1.57. The standard InChI is InChI=1S/C12H14F2N2O3S/c1-7-10(17)15-4-5-16(7)11(18)9-3-2-8(19-9)6-20-12(13)14/h2-3,7,12H,4-6H2,1H3,(H,15,17). The zero-order chi connectivity index (χ0) is 14.7. The van der Waals surface area contributed by atoms with Crippen molar-refractivity contribution in [3.8, 4) is 0 Å². The fraction of sp³-hybridized carbons (Fsp3) is 0.500. The number of nitrogens with one attached hydrogen (secondary N) is 1. The minimum absolute atomic E-state index is 0.000979. The summed E-state index contributed by atoms with van der Waals surface area (Å²) in [4.78, 5) is 25.1. The van der Waals surface area contributed by atoms with Gasteiger partial charge in [-0.25, -0.2) is 0 Å². The van der Waals surface area contributed by atoms with Crippen LogP contribution in [0.3, 0.4) is 0 Å². The molecule has 20 heavy (non-hydrogen) atoms. The maximum atomic E-state index is 12.2. The van der Waals surface area contributed by atoms with Gasteiger partial charge in [0.05, 0.1) is 5.75 Å². The highest BCUT2D eigenvalue weighted by molar-refractivity contribution is 7.98. The van der Waals surface area contributed by atoms with Crippen molar-refractivity contribution in [2.75, 3.05) is 13.1 Å². The van der Waals surface area contributed by atoms with Gasteiger partial charge in [0.2, 0.25) is 5.91 Å². The first-order chi connectivity index (χ1) is 9.49. The van der Waals surface area contributed by atoms with E-state index in [0.29, 0.717) is 30.6 Å². The van der Waals surface area contributed by atoms with Gasteiger partial charge in [-0.05, 0) is 19.1 Å². The third-order valence-corrected chi connectivity index (χ3v) is 3.69. The molecule has 1 aromatic heterocycles. The normalized spacial score (nSPS) is 19.3. The Morgan fingerprint density at radius 2 is 2.35 bits per heavy atom. The van der Waals surface area contributed by atoms with Crippen molar-refractivity contribution >= 4 is 23.6 Å². The average Bonchev–Trinajstić information content (AvgIpc) is 2.87. The number of hydrogen-bond acceptors (Lipinski definition) is 4. The molecule has 1 aromatic rings. The molecule has 1 saturated heterocycles. The number of amides is 2. The van der Waals surface area contributed by atoms with E-state index in [0.717, 1.165) is 0 Å². The molecule has 0 bridgehead atoms. The first-order valence-corrected chi connectivity index (χ1v) is 7.11. The number of carbonyl (C=O) groups is 2. The summed E-state index contributed by atoms with van der Waals surface area (Å²) in [6.45, 7) is 2.42. The van der Waals surface area contributed by atoms with Gasteiger partial charge in [0, 0.05) is 13.1 Å². The van der Waals surface area contributed by atoms with Gasteiger partial charge in [-0.15, -0.1) is 0 Å². The van der Waals surface area contributed by atoms with Crippen molar-refractivity contribution in [2.45, 2.75) is 24.5 Å². The highest BCUT2D eigenvalue weighted by Gasteiger charge is 2.31. The number of piperazine rings is 1. The van der Waals surface area contributed by atoms with E-state index in [1.807, 2.05) is 0 Å². The summed E-state index contributed by atoms with van der Waals surface area (Å²) in [5.41, 5.74) is 0. The van der Waals surface area contributed by atoms with Crippen LogP contribution in [-0.2, 0) is 10.5 Å². The summed E-state index contributed by atoms with van der Waals surface area (Å²) in [6.07, 6.45) is 0. The number of alkyl halides is 2. The Bertz CT molecular complexity index is 507. The van der Waals surface area contributed by atoms with Crippen molar-refractivity contribution < 1.29 is 22.8 Å². The van der Waals surface area contributed by atoms with Gasteiger partial charge < -0.3 is 14.6 Å². The molecule has 2 amide bonds. The maximum Gasteiger partial charge on any atom is 0.290 e. The zero-order valence-electron chi connectivity index (χ0n) is 10.8. The van der Waals surface area contributed by atoms with E-state index < -0.39 is 17.7 Å². The van der Waals surface area contributed by atoms with Crippen molar-refractivity contribution in [2.24, 2.45) is 0 Å². The molecule has 0 radical (unpaired) electrons. The molecule has 1 N–H and O–H groups in total. The molecule has 0 aliphatic carbocycles. The van der Waals surface area contributed by atoms with Crippen LogP contribution < -0.4 is 5.32 Å².